The minimum Gasteiger partial charge on any atom is -0.200 e. The smallest absolute Gasteiger partial charge is 0.200 e. The third kappa shape index (κ3) is 4.90. The highest BCUT2D eigenvalue weighted by molar-refractivity contribution is 7.89. The van der Waals surface area contributed by atoms with Crippen molar-refractivity contribution in [2.75, 3.05) is 0 Å². The van der Waals surface area contributed by atoms with E-state index in [2.05, 4.69) is 22.1 Å². The van der Waals surface area contributed by atoms with E-state index in [1.165, 1.54) is 0 Å². The van der Waals surface area contributed by atoms with Crippen LogP contribution in [0.25, 0.3) is 11.1 Å². The molecule has 0 aliphatic carbocycles. The summed E-state index contributed by atoms with van der Waals surface area (Å²) in [6, 6.07) is 34.2. The standard InChI is InChI=1S/C26H22N2O2S/c1-20-12-18-25(19-13-20)31(29,30)28-27-26(23-10-6-3-7-11-23)24-16-14-22(15-17-24)21-8-4-2-5-9-21/h2-19,28H,1H3/b27-26+. The molecule has 154 valence electrons. The van der Waals surface area contributed by atoms with Gasteiger partial charge in [-0.15, -0.1) is 0 Å². The zero-order chi connectivity index (χ0) is 21.7. The molecule has 1 N–H and O–H groups in total. The molecule has 0 heterocycles. The van der Waals surface area contributed by atoms with Gasteiger partial charge >= 0.3 is 0 Å². The molecule has 0 radical (unpaired) electrons. The topological polar surface area (TPSA) is 58.5 Å². The van der Waals surface area contributed by atoms with E-state index in [0.29, 0.717) is 5.71 Å². The van der Waals surface area contributed by atoms with Crippen LogP contribution in [0.2, 0.25) is 0 Å². The zero-order valence-electron chi connectivity index (χ0n) is 17.1. The summed E-state index contributed by atoms with van der Waals surface area (Å²) in [6.07, 6.45) is 0. The Labute approximate surface area is 183 Å². The van der Waals surface area contributed by atoms with Crippen molar-refractivity contribution >= 4 is 15.7 Å². The van der Waals surface area contributed by atoms with Gasteiger partial charge in [0.15, 0.2) is 0 Å². The van der Waals surface area contributed by atoms with Gasteiger partial charge in [0.2, 0.25) is 0 Å². The van der Waals surface area contributed by atoms with E-state index in [1.54, 1.807) is 24.3 Å². The molecular formula is C26H22N2O2S. The lowest BCUT2D eigenvalue weighted by atomic mass is 9.99. The Morgan fingerprint density at radius 3 is 1.77 bits per heavy atom. The molecule has 0 aliphatic rings. The summed E-state index contributed by atoms with van der Waals surface area (Å²) in [5.41, 5.74) is 5.38. The number of nitrogens with zero attached hydrogens (tertiary/aromatic N) is 1. The molecule has 5 heteroatoms. The molecule has 0 saturated carbocycles. The van der Waals surface area contributed by atoms with Crippen LogP contribution in [0.15, 0.2) is 119 Å². The summed E-state index contributed by atoms with van der Waals surface area (Å²) in [5.74, 6) is 0. The minimum absolute atomic E-state index is 0.175. The molecule has 0 fully saturated rings. The summed E-state index contributed by atoms with van der Waals surface area (Å²) < 4.78 is 25.5. The predicted molar refractivity (Wildman–Crippen MR) is 125 cm³/mol. The SMILES string of the molecule is Cc1ccc(S(=O)(=O)N/N=C(\c2ccccc2)c2ccc(-c3ccccc3)cc2)cc1. The Bertz CT molecular complexity index is 1280. The summed E-state index contributed by atoms with van der Waals surface area (Å²) >= 11 is 0. The number of benzene rings is 4. The first kappa shape index (κ1) is 20.6. The second-order valence-corrected chi connectivity index (χ2v) is 8.84. The third-order valence-corrected chi connectivity index (χ3v) is 6.15. The molecule has 0 aliphatic heterocycles. The van der Waals surface area contributed by atoms with Crippen LogP contribution >= 0.6 is 0 Å². The lowest BCUT2D eigenvalue weighted by Crippen LogP contribution is -2.21. The average Bonchev–Trinajstić information content (AvgIpc) is 2.81. The number of hydrazone groups is 1. The molecule has 0 aromatic heterocycles. The number of hydrogen-bond donors (Lipinski definition) is 1. The highest BCUT2D eigenvalue weighted by atomic mass is 32.2. The Morgan fingerprint density at radius 1 is 0.645 bits per heavy atom. The molecule has 4 aromatic carbocycles. The van der Waals surface area contributed by atoms with Crippen molar-refractivity contribution in [3.8, 4) is 11.1 Å². The van der Waals surface area contributed by atoms with Crippen LogP contribution in [0.1, 0.15) is 16.7 Å². The van der Waals surface area contributed by atoms with Crippen LogP contribution in [-0.2, 0) is 10.0 Å². The van der Waals surface area contributed by atoms with Crippen molar-refractivity contribution < 1.29 is 8.42 Å². The van der Waals surface area contributed by atoms with E-state index in [0.717, 1.165) is 27.8 Å². The molecule has 31 heavy (non-hydrogen) atoms. The van der Waals surface area contributed by atoms with Gasteiger partial charge in [0, 0.05) is 11.1 Å². The summed E-state index contributed by atoms with van der Waals surface area (Å²) in [4.78, 5) is 2.57. The first-order valence-corrected chi connectivity index (χ1v) is 11.4. The number of sulfonamides is 1. The van der Waals surface area contributed by atoms with Crippen LogP contribution < -0.4 is 4.83 Å². The lowest BCUT2D eigenvalue weighted by molar-refractivity contribution is 0.584. The highest BCUT2D eigenvalue weighted by Crippen LogP contribution is 2.21. The van der Waals surface area contributed by atoms with Crippen molar-refractivity contribution in [3.63, 3.8) is 0 Å². The van der Waals surface area contributed by atoms with E-state index < -0.39 is 10.0 Å². The van der Waals surface area contributed by atoms with E-state index in [1.807, 2.05) is 79.7 Å². The van der Waals surface area contributed by atoms with Gasteiger partial charge in [-0.25, -0.2) is 0 Å². The summed E-state index contributed by atoms with van der Waals surface area (Å²) in [5, 5.41) is 4.32. The average molecular weight is 427 g/mol. The molecule has 0 bridgehead atoms. The molecule has 0 saturated heterocycles. The van der Waals surface area contributed by atoms with E-state index in [9.17, 15) is 8.42 Å². The van der Waals surface area contributed by atoms with Crippen LogP contribution in [-0.4, -0.2) is 14.1 Å². The third-order valence-electron chi connectivity index (χ3n) is 4.92. The second kappa shape index (κ2) is 8.98. The van der Waals surface area contributed by atoms with Gasteiger partial charge in [-0.05, 0) is 30.2 Å². The molecule has 0 amide bonds. The fraction of sp³-hybridized carbons (Fsp3) is 0.0385. The van der Waals surface area contributed by atoms with Gasteiger partial charge in [0.05, 0.1) is 10.6 Å². The van der Waals surface area contributed by atoms with Gasteiger partial charge in [0.25, 0.3) is 10.0 Å². The minimum atomic E-state index is -3.78. The van der Waals surface area contributed by atoms with E-state index >= 15 is 0 Å². The fourth-order valence-corrected chi connectivity index (χ4v) is 4.03. The second-order valence-electron chi connectivity index (χ2n) is 7.18. The largest absolute Gasteiger partial charge is 0.276 e. The van der Waals surface area contributed by atoms with Crippen LogP contribution in [0.5, 0.6) is 0 Å². The molecular weight excluding hydrogens is 404 g/mol. The van der Waals surface area contributed by atoms with Crippen molar-refractivity contribution in [2.24, 2.45) is 5.10 Å². The first-order valence-electron chi connectivity index (χ1n) is 9.90. The van der Waals surface area contributed by atoms with Crippen LogP contribution in [0, 0.1) is 6.92 Å². The van der Waals surface area contributed by atoms with Gasteiger partial charge in [-0.1, -0.05) is 103 Å². The number of hydrogen-bond acceptors (Lipinski definition) is 3. The Hall–Kier alpha value is -3.70. The monoisotopic (exact) mass is 426 g/mol. The maximum atomic E-state index is 12.7. The number of aryl methyl sites for hydroxylation is 1. The van der Waals surface area contributed by atoms with Crippen molar-refractivity contribution in [1.29, 1.82) is 0 Å². The number of rotatable bonds is 6. The number of nitrogens with one attached hydrogen (secondary N) is 1. The predicted octanol–water partition coefficient (Wildman–Crippen LogP) is 5.39. The Balaban J connectivity index is 1.69. The highest BCUT2D eigenvalue weighted by Gasteiger charge is 2.14. The summed E-state index contributed by atoms with van der Waals surface area (Å²) in [6.45, 7) is 1.91. The van der Waals surface area contributed by atoms with Gasteiger partial charge in [-0.3, -0.25) is 0 Å². The van der Waals surface area contributed by atoms with Crippen LogP contribution in [0.4, 0.5) is 0 Å². The van der Waals surface area contributed by atoms with Gasteiger partial charge in [-0.2, -0.15) is 18.4 Å². The summed E-state index contributed by atoms with van der Waals surface area (Å²) in [7, 11) is -3.78. The Kier molecular flexibility index (Phi) is 5.96. The quantitative estimate of drug-likeness (QED) is 0.332. The molecule has 0 atom stereocenters. The normalized spacial score (nSPS) is 11.8. The van der Waals surface area contributed by atoms with E-state index in [4.69, 9.17) is 0 Å². The first-order chi connectivity index (χ1) is 15.0. The molecule has 4 nitrogen and oxygen atoms in total. The lowest BCUT2D eigenvalue weighted by Gasteiger charge is -2.10. The molecule has 0 spiro atoms. The molecule has 4 rings (SSSR count). The fourth-order valence-electron chi connectivity index (χ4n) is 3.22. The van der Waals surface area contributed by atoms with Crippen molar-refractivity contribution in [3.05, 3.63) is 126 Å². The maximum Gasteiger partial charge on any atom is 0.276 e. The van der Waals surface area contributed by atoms with Crippen LogP contribution in [0.3, 0.4) is 0 Å². The molecule has 4 aromatic rings. The van der Waals surface area contributed by atoms with Gasteiger partial charge < -0.3 is 0 Å². The van der Waals surface area contributed by atoms with Crippen molar-refractivity contribution in [2.45, 2.75) is 11.8 Å². The Morgan fingerprint density at radius 2 is 1.16 bits per heavy atom. The van der Waals surface area contributed by atoms with Crippen molar-refractivity contribution in [1.82, 2.24) is 4.83 Å². The van der Waals surface area contributed by atoms with E-state index in [-0.39, 0.29) is 4.90 Å². The molecule has 0 unspecified atom stereocenters. The zero-order valence-corrected chi connectivity index (χ0v) is 17.9. The van der Waals surface area contributed by atoms with Gasteiger partial charge in [0.1, 0.15) is 0 Å². The maximum absolute atomic E-state index is 12.7.